The van der Waals surface area contributed by atoms with Gasteiger partial charge in [0.2, 0.25) is 0 Å². The molecule has 0 aliphatic rings. The standard InChI is InChI=1S/C24H17BO3/c26-25(27)21-13-7-12-19-20-15-14-18(16-8-3-1-4-9-16)22(24(20)28-23(19)21)17-10-5-2-6-11-17/h1-15,26-27H/i1D,2D,3D,4D,5D,6D,8D,9D,10D,11D. The molecule has 0 saturated carbocycles. The Morgan fingerprint density at radius 2 is 1.36 bits per heavy atom. The van der Waals surface area contributed by atoms with Crippen molar-refractivity contribution >= 4 is 34.5 Å². The molecule has 4 heteroatoms. The molecule has 0 aliphatic carbocycles. The predicted molar refractivity (Wildman–Crippen MR) is 114 cm³/mol. The second-order valence-corrected chi connectivity index (χ2v) is 6.06. The van der Waals surface area contributed by atoms with E-state index in [0.717, 1.165) is 0 Å². The van der Waals surface area contributed by atoms with E-state index >= 15 is 0 Å². The summed E-state index contributed by atoms with van der Waals surface area (Å²) in [5.41, 5.74) is -0.572. The lowest BCUT2D eigenvalue weighted by molar-refractivity contribution is 0.425. The first-order chi connectivity index (χ1) is 17.9. The lowest BCUT2D eigenvalue weighted by Crippen LogP contribution is -2.29. The zero-order chi connectivity index (χ0) is 27.8. The maximum absolute atomic E-state index is 9.87. The van der Waals surface area contributed by atoms with E-state index in [1.54, 1.807) is 18.2 Å². The predicted octanol–water partition coefficient (Wildman–Crippen LogP) is 4.60. The Balaban J connectivity index is 2.07. The van der Waals surface area contributed by atoms with Gasteiger partial charge in [0.25, 0.3) is 0 Å². The summed E-state index contributed by atoms with van der Waals surface area (Å²) in [5, 5.41) is 20.6. The topological polar surface area (TPSA) is 53.6 Å². The Morgan fingerprint density at radius 1 is 0.714 bits per heavy atom. The molecule has 0 bridgehead atoms. The number of benzene rings is 4. The molecule has 1 heterocycles. The van der Waals surface area contributed by atoms with Crippen molar-refractivity contribution in [3.8, 4) is 22.3 Å². The molecule has 0 spiro atoms. The van der Waals surface area contributed by atoms with Gasteiger partial charge in [-0.25, -0.2) is 0 Å². The summed E-state index contributed by atoms with van der Waals surface area (Å²) >= 11 is 0. The minimum absolute atomic E-state index is 0.0156. The summed E-state index contributed by atoms with van der Waals surface area (Å²) in [4.78, 5) is 0. The van der Waals surface area contributed by atoms with Crippen LogP contribution in [0, 0.1) is 0 Å². The molecule has 0 aliphatic heterocycles. The molecule has 1 aromatic heterocycles. The minimum Gasteiger partial charge on any atom is -0.456 e. The van der Waals surface area contributed by atoms with Crippen LogP contribution in [0.2, 0.25) is 0 Å². The minimum atomic E-state index is -1.90. The summed E-state index contributed by atoms with van der Waals surface area (Å²) in [6.07, 6.45) is 0. The summed E-state index contributed by atoms with van der Waals surface area (Å²) in [6.45, 7) is 0. The van der Waals surface area contributed by atoms with Crippen molar-refractivity contribution in [3.05, 3.63) is 90.8 Å². The van der Waals surface area contributed by atoms with Crippen LogP contribution in [0.25, 0.3) is 44.2 Å². The monoisotopic (exact) mass is 374 g/mol. The van der Waals surface area contributed by atoms with Crippen molar-refractivity contribution in [3.63, 3.8) is 0 Å². The average molecular weight is 374 g/mol. The molecule has 4 aromatic carbocycles. The van der Waals surface area contributed by atoms with Gasteiger partial charge < -0.3 is 14.5 Å². The van der Waals surface area contributed by atoms with Crippen LogP contribution in [0.15, 0.2) is 95.2 Å². The average Bonchev–Trinajstić information content (AvgIpc) is 3.28. The van der Waals surface area contributed by atoms with Crippen LogP contribution in [-0.4, -0.2) is 17.2 Å². The lowest BCUT2D eigenvalue weighted by atomic mass is 9.79. The Bertz CT molecular complexity index is 1760. The van der Waals surface area contributed by atoms with Crippen LogP contribution in [0.3, 0.4) is 0 Å². The molecule has 0 unspecified atom stereocenters. The molecule has 5 aromatic rings. The van der Waals surface area contributed by atoms with Gasteiger partial charge in [0.1, 0.15) is 11.2 Å². The molecular weight excluding hydrogens is 347 g/mol. The highest BCUT2D eigenvalue weighted by atomic mass is 16.4. The maximum Gasteiger partial charge on any atom is 0.492 e. The number of furan rings is 1. The molecule has 134 valence electrons. The maximum atomic E-state index is 9.87. The van der Waals surface area contributed by atoms with Gasteiger partial charge in [-0.15, -0.1) is 0 Å². The van der Waals surface area contributed by atoms with E-state index < -0.39 is 67.5 Å². The molecule has 0 atom stereocenters. The van der Waals surface area contributed by atoms with Gasteiger partial charge in [0, 0.05) is 21.8 Å². The molecule has 0 saturated heterocycles. The summed E-state index contributed by atoms with van der Waals surface area (Å²) < 4.78 is 88.8. The molecule has 0 radical (unpaired) electrons. The van der Waals surface area contributed by atoms with Crippen molar-refractivity contribution in [1.82, 2.24) is 0 Å². The van der Waals surface area contributed by atoms with E-state index in [-0.39, 0.29) is 38.9 Å². The largest absolute Gasteiger partial charge is 0.492 e. The Hall–Kier alpha value is -3.34. The highest BCUT2D eigenvalue weighted by molar-refractivity contribution is 6.61. The molecule has 5 rings (SSSR count). The molecule has 3 nitrogen and oxygen atoms in total. The SMILES string of the molecule is [2H]c1c([2H])c([2H])c(-c2ccc3c(oc4c(B(O)O)cccc43)c2-c2c([2H])c([2H])c([2H])c([2H])c2[2H])c([2H])c1[2H]. The van der Waals surface area contributed by atoms with E-state index in [1.165, 1.54) is 12.1 Å². The fraction of sp³-hybridized carbons (Fsp3) is 0. The second-order valence-electron chi connectivity index (χ2n) is 6.06. The Morgan fingerprint density at radius 3 is 2.04 bits per heavy atom. The van der Waals surface area contributed by atoms with Gasteiger partial charge >= 0.3 is 7.12 Å². The van der Waals surface area contributed by atoms with E-state index in [0.29, 0.717) is 10.8 Å². The van der Waals surface area contributed by atoms with Crippen molar-refractivity contribution in [2.45, 2.75) is 0 Å². The van der Waals surface area contributed by atoms with Crippen molar-refractivity contribution < 1.29 is 28.2 Å². The van der Waals surface area contributed by atoms with Crippen LogP contribution in [0.4, 0.5) is 0 Å². The van der Waals surface area contributed by atoms with Crippen molar-refractivity contribution in [1.29, 1.82) is 0 Å². The van der Waals surface area contributed by atoms with Crippen molar-refractivity contribution in [2.75, 3.05) is 0 Å². The molecule has 28 heavy (non-hydrogen) atoms. The first kappa shape index (κ1) is 9.24. The molecule has 0 amide bonds. The van der Waals surface area contributed by atoms with Crippen LogP contribution < -0.4 is 5.46 Å². The number of fused-ring (bicyclic) bond motifs is 3. The number of hydrogen-bond donors (Lipinski definition) is 2. The third-order valence-electron chi connectivity index (χ3n) is 4.49. The number of rotatable bonds is 3. The van der Waals surface area contributed by atoms with Crippen LogP contribution in [-0.2, 0) is 0 Å². The Kier molecular flexibility index (Phi) is 2.20. The first-order valence-corrected chi connectivity index (χ1v) is 8.37. The van der Waals surface area contributed by atoms with Gasteiger partial charge in [0.05, 0.1) is 13.7 Å². The highest BCUT2D eigenvalue weighted by Gasteiger charge is 2.22. The van der Waals surface area contributed by atoms with E-state index in [4.69, 9.17) is 18.1 Å². The lowest BCUT2D eigenvalue weighted by Gasteiger charge is -2.11. The third kappa shape index (κ3) is 2.62. The number of para-hydroxylation sites is 1. The first-order valence-electron chi connectivity index (χ1n) is 13.4. The van der Waals surface area contributed by atoms with Gasteiger partial charge in [-0.05, 0) is 22.8 Å². The summed E-state index contributed by atoms with van der Waals surface area (Å²) in [6, 6.07) is 1.63. The fourth-order valence-electron chi connectivity index (χ4n) is 3.30. The molecular formula is C24H17BO3. The molecule has 0 fully saturated rings. The van der Waals surface area contributed by atoms with Gasteiger partial charge in [-0.2, -0.15) is 0 Å². The summed E-state index contributed by atoms with van der Waals surface area (Å²) in [5.74, 6) is 0. The van der Waals surface area contributed by atoms with E-state index in [2.05, 4.69) is 0 Å². The van der Waals surface area contributed by atoms with Crippen LogP contribution in [0.5, 0.6) is 0 Å². The van der Waals surface area contributed by atoms with Gasteiger partial charge in [0.15, 0.2) is 0 Å². The zero-order valence-corrected chi connectivity index (χ0v) is 14.3. The second kappa shape index (κ2) is 6.68. The van der Waals surface area contributed by atoms with Gasteiger partial charge in [-0.3, -0.25) is 0 Å². The Labute approximate surface area is 176 Å². The zero-order valence-electron chi connectivity index (χ0n) is 24.3. The third-order valence-corrected chi connectivity index (χ3v) is 4.49. The fourth-order valence-corrected chi connectivity index (χ4v) is 3.30. The van der Waals surface area contributed by atoms with Crippen molar-refractivity contribution in [2.24, 2.45) is 0 Å². The van der Waals surface area contributed by atoms with Crippen LogP contribution >= 0.6 is 0 Å². The summed E-state index contributed by atoms with van der Waals surface area (Å²) in [7, 11) is -1.90. The van der Waals surface area contributed by atoms with E-state index in [1.807, 2.05) is 0 Å². The van der Waals surface area contributed by atoms with E-state index in [9.17, 15) is 10.0 Å². The number of hydrogen-bond acceptors (Lipinski definition) is 3. The smallest absolute Gasteiger partial charge is 0.456 e. The normalized spacial score (nSPS) is 16.2. The quantitative estimate of drug-likeness (QED) is 0.454. The highest BCUT2D eigenvalue weighted by Crippen LogP contribution is 2.41. The molecule has 2 N–H and O–H groups in total. The van der Waals surface area contributed by atoms with Gasteiger partial charge in [-0.1, -0.05) is 84.7 Å². The van der Waals surface area contributed by atoms with Crippen LogP contribution in [0.1, 0.15) is 13.7 Å².